The maximum Gasteiger partial charge on any atom is 0.0992 e. The number of allylic oxidation sites excluding steroid dienone is 1. The van der Waals surface area contributed by atoms with Crippen molar-refractivity contribution in [1.82, 2.24) is 9.13 Å². The summed E-state index contributed by atoms with van der Waals surface area (Å²) in [7, 11) is 0. The summed E-state index contributed by atoms with van der Waals surface area (Å²) in [4.78, 5) is 1.44. The fourth-order valence-corrected chi connectivity index (χ4v) is 11.3. The lowest BCUT2D eigenvalue weighted by Crippen LogP contribution is -1.97. The highest BCUT2D eigenvalue weighted by Crippen LogP contribution is 2.44. The molecule has 4 aromatic heterocycles. The van der Waals surface area contributed by atoms with E-state index in [1.54, 1.807) is 0 Å². The third kappa shape index (κ3) is 4.49. The Hall–Kier alpha value is -6.96. The molecule has 0 spiro atoms. The van der Waals surface area contributed by atoms with E-state index in [9.17, 15) is 10.5 Å². The molecule has 0 radical (unpaired) electrons. The molecule has 0 aliphatic heterocycles. The second kappa shape index (κ2) is 11.8. The largest absolute Gasteiger partial charge is 0.309 e. The number of thiophene rings is 2. The maximum absolute atomic E-state index is 9.76. The summed E-state index contributed by atoms with van der Waals surface area (Å²) in [6.07, 6.45) is 4.45. The molecular weight excluding hydrogens is 721 g/mol. The van der Waals surface area contributed by atoms with Crippen LogP contribution in [0.5, 0.6) is 0 Å². The van der Waals surface area contributed by atoms with Crippen LogP contribution in [0.25, 0.3) is 96.9 Å². The van der Waals surface area contributed by atoms with Crippen LogP contribution < -0.4 is 0 Å². The molecule has 1 aliphatic rings. The SMILES string of the molecule is N#Cc1ccc2c3ccccc3n(-c3ccc4sc5c(c4c3)C=C(c3ccc4sc6ccc(-n7c8ccccc8c8ccc(C#N)cc87)cc6c4c3)CC5)c2c1. The van der Waals surface area contributed by atoms with Gasteiger partial charge in [-0.3, -0.25) is 0 Å². The third-order valence-electron chi connectivity index (χ3n) is 11.7. The second-order valence-corrected chi connectivity index (χ2v) is 16.9. The van der Waals surface area contributed by atoms with E-state index in [0.29, 0.717) is 11.1 Å². The molecule has 0 N–H and O–H groups in total. The zero-order valence-corrected chi connectivity index (χ0v) is 31.5. The quantitative estimate of drug-likeness (QED) is 0.181. The van der Waals surface area contributed by atoms with Crippen molar-refractivity contribution in [3.63, 3.8) is 0 Å². The van der Waals surface area contributed by atoms with Gasteiger partial charge in [0.05, 0.1) is 45.3 Å². The van der Waals surface area contributed by atoms with Crippen LogP contribution in [0.2, 0.25) is 0 Å². The highest BCUT2D eigenvalue weighted by Gasteiger charge is 2.21. The van der Waals surface area contributed by atoms with Gasteiger partial charge < -0.3 is 9.13 Å². The molecule has 4 nitrogen and oxygen atoms in total. The summed E-state index contributed by atoms with van der Waals surface area (Å²) in [5, 5.41) is 28.0. The van der Waals surface area contributed by atoms with E-state index in [4.69, 9.17) is 0 Å². The number of aryl methyl sites for hydroxylation is 1. The van der Waals surface area contributed by atoms with Crippen molar-refractivity contribution in [2.75, 3.05) is 0 Å². The summed E-state index contributed by atoms with van der Waals surface area (Å²) in [5.74, 6) is 0. The Balaban J connectivity index is 0.994. The summed E-state index contributed by atoms with van der Waals surface area (Å²) < 4.78 is 8.47. The number of nitrogens with zero attached hydrogens (tertiary/aromatic N) is 4. The van der Waals surface area contributed by atoms with Crippen molar-refractivity contribution < 1.29 is 0 Å². The topological polar surface area (TPSA) is 57.4 Å². The molecule has 260 valence electrons. The highest BCUT2D eigenvalue weighted by atomic mass is 32.1. The zero-order valence-electron chi connectivity index (χ0n) is 29.9. The Morgan fingerprint density at radius 2 is 0.982 bits per heavy atom. The Labute approximate surface area is 329 Å². The van der Waals surface area contributed by atoms with Crippen molar-refractivity contribution in [1.29, 1.82) is 10.5 Å². The molecular formula is C50H28N4S2. The van der Waals surface area contributed by atoms with Gasteiger partial charge in [-0.05, 0) is 121 Å². The first-order chi connectivity index (χ1) is 27.6. The first kappa shape index (κ1) is 31.4. The Morgan fingerprint density at radius 1 is 0.446 bits per heavy atom. The minimum absolute atomic E-state index is 0.660. The van der Waals surface area contributed by atoms with E-state index in [0.717, 1.165) is 57.1 Å². The molecule has 0 saturated carbocycles. The Morgan fingerprint density at radius 3 is 1.61 bits per heavy atom. The van der Waals surface area contributed by atoms with Gasteiger partial charge in [-0.1, -0.05) is 54.6 Å². The monoisotopic (exact) mass is 748 g/mol. The van der Waals surface area contributed by atoms with Crippen molar-refractivity contribution in [3.8, 4) is 23.5 Å². The molecule has 0 bridgehead atoms. The van der Waals surface area contributed by atoms with Gasteiger partial charge in [-0.2, -0.15) is 10.5 Å². The van der Waals surface area contributed by atoms with Crippen molar-refractivity contribution in [2.24, 2.45) is 0 Å². The Kier molecular flexibility index (Phi) is 6.60. The standard InChI is InChI=1S/C50H28N4S2/c51-27-29-9-15-37-35-5-1-3-7-43(35)53(45(37)21-29)33-13-19-49-41(25-33)39-23-31(11-17-47(39)55-49)32-12-18-48-40(24-32)42-26-34(14-20-50(42)56-48)54-44-8-4-2-6-36(44)38-16-10-30(28-52)22-46(38)54/h1-11,13-17,19-26H,12,18H2. The van der Waals surface area contributed by atoms with Crippen LogP contribution in [0.1, 0.15) is 33.6 Å². The van der Waals surface area contributed by atoms with E-state index in [-0.39, 0.29) is 0 Å². The van der Waals surface area contributed by atoms with Crippen LogP contribution in [0.15, 0.2) is 140 Å². The van der Waals surface area contributed by atoms with Crippen LogP contribution >= 0.6 is 22.7 Å². The van der Waals surface area contributed by atoms with Crippen LogP contribution in [-0.4, -0.2) is 9.13 Å². The van der Waals surface area contributed by atoms with Crippen molar-refractivity contribution in [2.45, 2.75) is 12.8 Å². The molecule has 1 aliphatic carbocycles. The summed E-state index contributed by atoms with van der Waals surface area (Å²) in [6.45, 7) is 0. The lowest BCUT2D eigenvalue weighted by molar-refractivity contribution is 1.03. The van der Waals surface area contributed by atoms with Gasteiger partial charge in [0, 0.05) is 68.1 Å². The maximum atomic E-state index is 9.76. The number of aromatic nitrogens is 2. The molecule has 0 fully saturated rings. The summed E-state index contributed by atoms with van der Waals surface area (Å²) in [6, 6.07) is 54.4. The number of para-hydroxylation sites is 2. The van der Waals surface area contributed by atoms with E-state index >= 15 is 0 Å². The van der Waals surface area contributed by atoms with Gasteiger partial charge in [0.15, 0.2) is 0 Å². The van der Waals surface area contributed by atoms with Crippen molar-refractivity contribution >= 4 is 108 Å². The lowest BCUT2D eigenvalue weighted by Gasteiger charge is -2.15. The molecule has 4 heterocycles. The second-order valence-electron chi connectivity index (χ2n) is 14.7. The number of benzene rings is 7. The predicted octanol–water partition coefficient (Wildman–Crippen LogP) is 13.7. The van der Waals surface area contributed by atoms with E-state index in [1.165, 1.54) is 62.6 Å². The smallest absolute Gasteiger partial charge is 0.0992 e. The predicted molar refractivity (Wildman–Crippen MR) is 235 cm³/mol. The number of hydrogen-bond donors (Lipinski definition) is 0. The minimum Gasteiger partial charge on any atom is -0.309 e. The number of rotatable bonds is 3. The average Bonchev–Trinajstić information content (AvgIpc) is 3.99. The van der Waals surface area contributed by atoms with E-state index < -0.39 is 0 Å². The van der Waals surface area contributed by atoms with Gasteiger partial charge in [-0.25, -0.2) is 0 Å². The fourth-order valence-electron chi connectivity index (χ4n) is 9.10. The zero-order chi connectivity index (χ0) is 37.1. The van der Waals surface area contributed by atoms with Crippen molar-refractivity contribution in [3.05, 3.63) is 167 Å². The summed E-state index contributed by atoms with van der Waals surface area (Å²) in [5.41, 5.74) is 11.9. The molecule has 11 aromatic rings. The third-order valence-corrected chi connectivity index (χ3v) is 14.1. The van der Waals surface area contributed by atoms with Crippen LogP contribution in [0.4, 0.5) is 0 Å². The van der Waals surface area contributed by atoms with E-state index in [2.05, 4.69) is 143 Å². The number of fused-ring (bicyclic) bond motifs is 12. The van der Waals surface area contributed by atoms with Crippen LogP contribution in [0, 0.1) is 22.7 Å². The summed E-state index contributed by atoms with van der Waals surface area (Å²) >= 11 is 3.75. The average molecular weight is 749 g/mol. The highest BCUT2D eigenvalue weighted by molar-refractivity contribution is 7.25. The molecule has 7 aromatic carbocycles. The molecule has 56 heavy (non-hydrogen) atoms. The number of hydrogen-bond acceptors (Lipinski definition) is 4. The normalized spacial score (nSPS) is 12.9. The van der Waals surface area contributed by atoms with Gasteiger partial charge in [-0.15, -0.1) is 22.7 Å². The van der Waals surface area contributed by atoms with Crippen LogP contribution in [0.3, 0.4) is 0 Å². The number of nitriles is 2. The van der Waals surface area contributed by atoms with Gasteiger partial charge in [0.2, 0.25) is 0 Å². The molecule has 0 atom stereocenters. The Bertz CT molecular complexity index is 3630. The molecule has 12 rings (SSSR count). The van der Waals surface area contributed by atoms with Crippen LogP contribution in [-0.2, 0) is 6.42 Å². The molecule has 0 saturated heterocycles. The molecule has 0 amide bonds. The van der Waals surface area contributed by atoms with Gasteiger partial charge in [0.25, 0.3) is 0 Å². The van der Waals surface area contributed by atoms with Gasteiger partial charge in [0.1, 0.15) is 0 Å². The molecule has 6 heteroatoms. The fraction of sp³-hybridized carbons (Fsp3) is 0.0400. The van der Waals surface area contributed by atoms with Gasteiger partial charge >= 0.3 is 0 Å². The first-order valence-electron chi connectivity index (χ1n) is 18.7. The lowest BCUT2D eigenvalue weighted by atomic mass is 9.91. The first-order valence-corrected chi connectivity index (χ1v) is 20.4. The molecule has 0 unspecified atom stereocenters. The minimum atomic E-state index is 0.660. The van der Waals surface area contributed by atoms with E-state index in [1.807, 2.05) is 46.9 Å².